The lowest BCUT2D eigenvalue weighted by Crippen LogP contribution is -2.30. The summed E-state index contributed by atoms with van der Waals surface area (Å²) in [6.07, 6.45) is 4.14. The molecule has 0 N–H and O–H groups in total. The quantitative estimate of drug-likeness (QED) is 0.711. The summed E-state index contributed by atoms with van der Waals surface area (Å²) in [7, 11) is 0. The Bertz CT molecular complexity index is 464. The van der Waals surface area contributed by atoms with Gasteiger partial charge in [-0.15, -0.1) is 0 Å². The molecule has 4 heteroatoms. The van der Waals surface area contributed by atoms with E-state index in [0.29, 0.717) is 12.4 Å². The van der Waals surface area contributed by atoms with Crippen LogP contribution in [0.5, 0.6) is 5.75 Å². The van der Waals surface area contributed by atoms with Crippen molar-refractivity contribution in [1.29, 1.82) is 5.26 Å². The fraction of sp³-hybridized carbons (Fsp3) is 0.562. The first kappa shape index (κ1) is 16.8. The molecule has 0 aliphatic rings. The second-order valence-corrected chi connectivity index (χ2v) is 5.49. The molecule has 0 amide bonds. The Hall–Kier alpha value is -1.21. The lowest BCUT2D eigenvalue weighted by atomic mass is 9.82. The molecule has 0 aromatic heterocycles. The van der Waals surface area contributed by atoms with Gasteiger partial charge in [0.25, 0.3) is 0 Å². The Balaban J connectivity index is 2.88. The molecule has 0 radical (unpaired) electrons. The Morgan fingerprint density at radius 1 is 1.30 bits per heavy atom. The van der Waals surface area contributed by atoms with E-state index < -0.39 is 5.82 Å². The number of nitriles is 1. The van der Waals surface area contributed by atoms with Crippen molar-refractivity contribution in [2.24, 2.45) is 5.41 Å². The highest BCUT2D eigenvalue weighted by Crippen LogP contribution is 2.33. The predicted molar refractivity (Wildman–Crippen MR) is 82.7 cm³/mol. The summed E-state index contributed by atoms with van der Waals surface area (Å²) in [5.74, 6) is 0.518. The van der Waals surface area contributed by atoms with Gasteiger partial charge in [0.1, 0.15) is 23.2 Å². The molecule has 0 bridgehead atoms. The zero-order chi connectivity index (χ0) is 15.0. The SMILES string of the molecule is CCCC(CS)(CCC)COc1cccc(F)c1C#N. The number of hydrogen-bond acceptors (Lipinski definition) is 3. The fourth-order valence-corrected chi connectivity index (χ4v) is 2.91. The van der Waals surface area contributed by atoms with Crippen LogP contribution in [0, 0.1) is 22.6 Å². The van der Waals surface area contributed by atoms with Crippen LogP contribution in [0.15, 0.2) is 18.2 Å². The second kappa shape index (κ2) is 8.16. The highest BCUT2D eigenvalue weighted by Gasteiger charge is 2.28. The maximum Gasteiger partial charge on any atom is 0.144 e. The third-order valence-electron chi connectivity index (χ3n) is 3.52. The molecule has 0 atom stereocenters. The van der Waals surface area contributed by atoms with Crippen molar-refractivity contribution in [2.75, 3.05) is 12.4 Å². The van der Waals surface area contributed by atoms with Crippen LogP contribution in [0.3, 0.4) is 0 Å². The summed E-state index contributed by atoms with van der Waals surface area (Å²) in [4.78, 5) is 0. The molecule has 0 unspecified atom stereocenters. The van der Waals surface area contributed by atoms with E-state index in [4.69, 9.17) is 10.00 Å². The molecular formula is C16H22FNOS. The molecule has 1 aromatic carbocycles. The Morgan fingerprint density at radius 2 is 1.95 bits per heavy atom. The number of thiol groups is 1. The van der Waals surface area contributed by atoms with Crippen molar-refractivity contribution in [3.8, 4) is 11.8 Å². The van der Waals surface area contributed by atoms with Gasteiger partial charge in [-0.25, -0.2) is 4.39 Å². The van der Waals surface area contributed by atoms with Crippen LogP contribution >= 0.6 is 12.6 Å². The average molecular weight is 295 g/mol. The van der Waals surface area contributed by atoms with Crippen LogP contribution in [0.25, 0.3) is 0 Å². The zero-order valence-electron chi connectivity index (χ0n) is 12.2. The Kier molecular flexibility index (Phi) is 6.87. The van der Waals surface area contributed by atoms with Gasteiger partial charge in [0.15, 0.2) is 0 Å². The normalized spacial score (nSPS) is 11.2. The molecule has 0 fully saturated rings. The van der Waals surface area contributed by atoms with Gasteiger partial charge in [0.2, 0.25) is 0 Å². The van der Waals surface area contributed by atoms with Crippen molar-refractivity contribution in [1.82, 2.24) is 0 Å². The molecular weight excluding hydrogens is 273 g/mol. The first-order chi connectivity index (χ1) is 9.62. The molecule has 110 valence electrons. The largest absolute Gasteiger partial charge is 0.491 e. The predicted octanol–water partition coefficient (Wildman–Crippen LogP) is 4.59. The minimum absolute atomic E-state index is 0.00828. The topological polar surface area (TPSA) is 33.0 Å². The Labute approximate surface area is 126 Å². The van der Waals surface area contributed by atoms with Crippen molar-refractivity contribution < 1.29 is 9.13 Å². The van der Waals surface area contributed by atoms with Gasteiger partial charge in [-0.05, 0) is 30.7 Å². The number of nitrogens with zero attached hydrogens (tertiary/aromatic N) is 1. The van der Waals surface area contributed by atoms with Gasteiger partial charge in [0.05, 0.1) is 6.61 Å². The highest BCUT2D eigenvalue weighted by molar-refractivity contribution is 7.80. The molecule has 1 rings (SSSR count). The number of halogens is 1. The van der Waals surface area contributed by atoms with Crippen LogP contribution in [-0.4, -0.2) is 12.4 Å². The van der Waals surface area contributed by atoms with E-state index in [-0.39, 0.29) is 11.0 Å². The molecule has 1 aromatic rings. The minimum Gasteiger partial charge on any atom is -0.491 e. The molecule has 0 aliphatic heterocycles. The summed E-state index contributed by atoms with van der Waals surface area (Å²) in [6, 6.07) is 6.34. The molecule has 0 saturated heterocycles. The first-order valence-electron chi connectivity index (χ1n) is 7.04. The van der Waals surface area contributed by atoms with Crippen LogP contribution in [0.2, 0.25) is 0 Å². The monoisotopic (exact) mass is 295 g/mol. The van der Waals surface area contributed by atoms with Crippen LogP contribution < -0.4 is 4.74 Å². The van der Waals surface area contributed by atoms with Crippen molar-refractivity contribution in [3.05, 3.63) is 29.6 Å². The molecule has 2 nitrogen and oxygen atoms in total. The zero-order valence-corrected chi connectivity index (χ0v) is 13.0. The third kappa shape index (κ3) is 4.14. The smallest absolute Gasteiger partial charge is 0.144 e. The van der Waals surface area contributed by atoms with Crippen molar-refractivity contribution in [2.45, 2.75) is 39.5 Å². The summed E-state index contributed by atoms with van der Waals surface area (Å²) < 4.78 is 19.3. The van der Waals surface area contributed by atoms with Crippen LogP contribution in [0.1, 0.15) is 45.1 Å². The van der Waals surface area contributed by atoms with Crippen molar-refractivity contribution in [3.63, 3.8) is 0 Å². The van der Waals surface area contributed by atoms with E-state index in [1.165, 1.54) is 6.07 Å². The lowest BCUT2D eigenvalue weighted by Gasteiger charge is -2.31. The lowest BCUT2D eigenvalue weighted by molar-refractivity contribution is 0.143. The van der Waals surface area contributed by atoms with Gasteiger partial charge in [-0.1, -0.05) is 32.8 Å². The van der Waals surface area contributed by atoms with Crippen LogP contribution in [-0.2, 0) is 0 Å². The van der Waals surface area contributed by atoms with Gasteiger partial charge in [0, 0.05) is 5.41 Å². The second-order valence-electron chi connectivity index (χ2n) is 5.17. The Morgan fingerprint density at radius 3 is 2.45 bits per heavy atom. The molecule has 0 saturated carbocycles. The van der Waals surface area contributed by atoms with E-state index in [1.54, 1.807) is 12.1 Å². The average Bonchev–Trinajstić information content (AvgIpc) is 2.45. The van der Waals surface area contributed by atoms with E-state index in [9.17, 15) is 4.39 Å². The third-order valence-corrected chi connectivity index (χ3v) is 4.19. The molecule has 0 heterocycles. The number of rotatable bonds is 8. The fourth-order valence-electron chi connectivity index (χ4n) is 2.50. The molecule has 0 spiro atoms. The van der Waals surface area contributed by atoms with Crippen molar-refractivity contribution >= 4 is 12.6 Å². The van der Waals surface area contributed by atoms with Crippen LogP contribution in [0.4, 0.5) is 4.39 Å². The maximum absolute atomic E-state index is 13.5. The van der Waals surface area contributed by atoms with Gasteiger partial charge >= 0.3 is 0 Å². The minimum atomic E-state index is -0.535. The summed E-state index contributed by atoms with van der Waals surface area (Å²) in [5.41, 5.74) is -0.0281. The molecule has 0 aliphatic carbocycles. The van der Waals surface area contributed by atoms with E-state index in [0.717, 1.165) is 31.4 Å². The van der Waals surface area contributed by atoms with Gasteiger partial charge in [-0.3, -0.25) is 0 Å². The van der Waals surface area contributed by atoms with Gasteiger partial charge in [-0.2, -0.15) is 17.9 Å². The first-order valence-corrected chi connectivity index (χ1v) is 7.68. The standard InChI is InChI=1S/C16H22FNOS/c1-3-8-16(12-20,9-4-2)11-19-15-7-5-6-14(17)13(15)10-18/h5-7,20H,3-4,8-9,11-12H2,1-2H3. The van der Waals surface area contributed by atoms with E-state index in [1.807, 2.05) is 6.07 Å². The highest BCUT2D eigenvalue weighted by atomic mass is 32.1. The summed E-state index contributed by atoms with van der Waals surface area (Å²) in [6.45, 7) is 4.74. The summed E-state index contributed by atoms with van der Waals surface area (Å²) >= 11 is 4.47. The van der Waals surface area contributed by atoms with E-state index >= 15 is 0 Å². The number of benzene rings is 1. The number of ether oxygens (including phenoxy) is 1. The summed E-state index contributed by atoms with van der Waals surface area (Å²) in [5, 5.41) is 9.01. The van der Waals surface area contributed by atoms with Gasteiger partial charge < -0.3 is 4.74 Å². The maximum atomic E-state index is 13.5. The number of hydrogen-bond donors (Lipinski definition) is 1. The van der Waals surface area contributed by atoms with E-state index in [2.05, 4.69) is 26.5 Å². The molecule has 20 heavy (non-hydrogen) atoms.